The smallest absolute Gasteiger partial charge is 0.337 e. The van der Waals surface area contributed by atoms with Gasteiger partial charge in [-0.3, -0.25) is 9.69 Å². The van der Waals surface area contributed by atoms with E-state index >= 15 is 0 Å². The second kappa shape index (κ2) is 4.82. The Bertz CT molecular complexity index is 531. The molecule has 0 N–H and O–H groups in total. The minimum Gasteiger partial charge on any atom is -0.465 e. The van der Waals surface area contributed by atoms with E-state index in [1.807, 2.05) is 0 Å². The summed E-state index contributed by atoms with van der Waals surface area (Å²) >= 11 is 5.57. The fraction of sp³-hybridized carbons (Fsp3) is 0.231. The highest BCUT2D eigenvalue weighted by atomic mass is 35.5. The summed E-state index contributed by atoms with van der Waals surface area (Å²) in [6.07, 6.45) is 0.583. The van der Waals surface area contributed by atoms with Crippen molar-refractivity contribution in [2.24, 2.45) is 0 Å². The Morgan fingerprint density at radius 2 is 2.22 bits per heavy atom. The number of methoxy groups -OCH3 is 1. The van der Waals surface area contributed by atoms with E-state index in [0.717, 1.165) is 5.56 Å². The fourth-order valence-electron chi connectivity index (χ4n) is 2.01. The van der Waals surface area contributed by atoms with Crippen molar-refractivity contribution in [1.82, 2.24) is 0 Å². The molecular weight excluding hydrogens is 254 g/mol. The van der Waals surface area contributed by atoms with Gasteiger partial charge >= 0.3 is 5.97 Å². The van der Waals surface area contributed by atoms with Gasteiger partial charge in [0.25, 0.3) is 0 Å². The molecule has 94 valence electrons. The largest absolute Gasteiger partial charge is 0.465 e. The zero-order valence-corrected chi connectivity index (χ0v) is 10.7. The molecule has 1 amide bonds. The second-order valence-corrected chi connectivity index (χ2v) is 4.21. The monoisotopic (exact) mass is 265 g/mol. The van der Waals surface area contributed by atoms with E-state index in [2.05, 4.69) is 11.3 Å². The number of nitrogens with zero attached hydrogens (tertiary/aromatic N) is 1. The highest BCUT2D eigenvalue weighted by molar-refractivity contribution is 6.30. The van der Waals surface area contributed by atoms with Crippen LogP contribution in [0, 0.1) is 0 Å². The molecule has 0 aromatic heterocycles. The van der Waals surface area contributed by atoms with Gasteiger partial charge in [-0.2, -0.15) is 0 Å². The normalized spacial score (nSPS) is 13.4. The van der Waals surface area contributed by atoms with E-state index in [9.17, 15) is 9.59 Å². The Kier molecular flexibility index (Phi) is 3.39. The minimum absolute atomic E-state index is 0.124. The molecule has 0 saturated carbocycles. The lowest BCUT2D eigenvalue weighted by atomic mass is 10.1. The summed E-state index contributed by atoms with van der Waals surface area (Å²) in [5, 5.41) is 0. The van der Waals surface area contributed by atoms with Gasteiger partial charge in [0.1, 0.15) is 5.88 Å². The van der Waals surface area contributed by atoms with Gasteiger partial charge in [-0.25, -0.2) is 4.79 Å². The summed E-state index contributed by atoms with van der Waals surface area (Å²) < 4.78 is 4.65. The molecule has 0 radical (unpaired) electrons. The van der Waals surface area contributed by atoms with Crippen molar-refractivity contribution in [1.29, 1.82) is 0 Å². The van der Waals surface area contributed by atoms with Crippen molar-refractivity contribution in [2.75, 3.05) is 17.9 Å². The molecule has 1 aliphatic heterocycles. The molecule has 1 aliphatic rings. The van der Waals surface area contributed by atoms with Crippen LogP contribution in [-0.2, 0) is 16.0 Å². The molecular formula is C13H12ClNO3. The van der Waals surface area contributed by atoms with Crippen LogP contribution in [0.1, 0.15) is 15.9 Å². The van der Waals surface area contributed by atoms with E-state index in [-0.39, 0.29) is 11.8 Å². The van der Waals surface area contributed by atoms with Crippen LogP contribution in [0.25, 0.3) is 0 Å². The third kappa shape index (κ3) is 1.99. The Morgan fingerprint density at radius 1 is 1.50 bits per heavy atom. The third-order valence-corrected chi connectivity index (χ3v) is 3.05. The number of benzene rings is 1. The first-order valence-corrected chi connectivity index (χ1v) is 5.90. The van der Waals surface area contributed by atoms with Crippen LogP contribution in [-0.4, -0.2) is 24.9 Å². The number of fused-ring (bicyclic) bond motifs is 1. The first kappa shape index (κ1) is 12.6. The summed E-state index contributed by atoms with van der Waals surface area (Å²) in [4.78, 5) is 24.7. The number of halogens is 1. The van der Waals surface area contributed by atoms with Crippen LogP contribution in [0.5, 0.6) is 0 Å². The molecule has 5 heteroatoms. The standard InChI is InChI=1S/C13H12ClNO3/c1-8-5-9-3-4-10(13(17)18-2)6-11(9)15(8)12(16)7-14/h3-4,6H,1,5,7H2,2H3. The van der Waals surface area contributed by atoms with E-state index in [0.29, 0.717) is 23.4 Å². The van der Waals surface area contributed by atoms with Crippen molar-refractivity contribution in [3.63, 3.8) is 0 Å². The number of hydrogen-bond donors (Lipinski definition) is 0. The number of rotatable bonds is 2. The summed E-state index contributed by atoms with van der Waals surface area (Å²) in [7, 11) is 1.32. The van der Waals surface area contributed by atoms with E-state index in [4.69, 9.17) is 11.6 Å². The molecule has 0 bridgehead atoms. The summed E-state index contributed by atoms with van der Waals surface area (Å²) in [6.45, 7) is 3.84. The van der Waals surface area contributed by atoms with Crippen LogP contribution in [0.2, 0.25) is 0 Å². The van der Waals surface area contributed by atoms with Gasteiger partial charge in [-0.15, -0.1) is 11.6 Å². The highest BCUT2D eigenvalue weighted by Crippen LogP contribution is 2.34. The minimum atomic E-state index is -0.436. The fourth-order valence-corrected chi connectivity index (χ4v) is 2.13. The van der Waals surface area contributed by atoms with Gasteiger partial charge in [-0.1, -0.05) is 12.6 Å². The Morgan fingerprint density at radius 3 is 2.83 bits per heavy atom. The van der Waals surface area contributed by atoms with Crippen molar-refractivity contribution in [3.8, 4) is 0 Å². The molecule has 1 aromatic carbocycles. The zero-order chi connectivity index (χ0) is 13.3. The second-order valence-electron chi connectivity index (χ2n) is 3.94. The lowest BCUT2D eigenvalue weighted by Crippen LogP contribution is -2.28. The van der Waals surface area contributed by atoms with Gasteiger partial charge in [-0.05, 0) is 17.7 Å². The maximum absolute atomic E-state index is 11.8. The van der Waals surface area contributed by atoms with Crippen molar-refractivity contribution in [2.45, 2.75) is 6.42 Å². The number of amides is 1. The molecule has 0 saturated heterocycles. The van der Waals surface area contributed by atoms with Crippen molar-refractivity contribution >= 4 is 29.2 Å². The quantitative estimate of drug-likeness (QED) is 0.608. The number of hydrogen-bond acceptors (Lipinski definition) is 3. The molecule has 1 heterocycles. The molecule has 0 spiro atoms. The van der Waals surface area contributed by atoms with E-state index in [1.54, 1.807) is 18.2 Å². The van der Waals surface area contributed by atoms with E-state index in [1.165, 1.54) is 12.0 Å². The lowest BCUT2D eigenvalue weighted by Gasteiger charge is -2.17. The van der Waals surface area contributed by atoms with Crippen LogP contribution in [0.15, 0.2) is 30.5 Å². The van der Waals surface area contributed by atoms with Crippen molar-refractivity contribution < 1.29 is 14.3 Å². The zero-order valence-electron chi connectivity index (χ0n) is 9.90. The number of carbonyl (C=O) groups is 2. The number of carbonyl (C=O) groups excluding carboxylic acids is 2. The third-order valence-electron chi connectivity index (χ3n) is 2.82. The molecule has 2 rings (SSSR count). The maximum Gasteiger partial charge on any atom is 0.337 e. The molecule has 0 aliphatic carbocycles. The molecule has 0 atom stereocenters. The summed E-state index contributed by atoms with van der Waals surface area (Å²) in [6, 6.07) is 5.10. The Balaban J connectivity index is 2.46. The van der Waals surface area contributed by atoms with Gasteiger partial charge in [0, 0.05) is 12.1 Å². The molecule has 1 aromatic rings. The van der Waals surface area contributed by atoms with Crippen LogP contribution in [0.3, 0.4) is 0 Å². The molecule has 0 fully saturated rings. The predicted octanol–water partition coefficient (Wildman–Crippen LogP) is 2.11. The number of allylic oxidation sites excluding steroid dienone is 1. The summed E-state index contributed by atoms with van der Waals surface area (Å²) in [5.41, 5.74) is 2.68. The first-order valence-electron chi connectivity index (χ1n) is 5.36. The number of esters is 1. The van der Waals surface area contributed by atoms with Gasteiger partial charge < -0.3 is 4.74 Å². The summed E-state index contributed by atoms with van der Waals surface area (Å²) in [5.74, 6) is -0.808. The van der Waals surface area contributed by atoms with Gasteiger partial charge in [0.2, 0.25) is 5.91 Å². The first-order chi connectivity index (χ1) is 8.58. The Labute approximate surface area is 110 Å². The lowest BCUT2D eigenvalue weighted by molar-refractivity contribution is -0.115. The highest BCUT2D eigenvalue weighted by Gasteiger charge is 2.28. The molecule has 18 heavy (non-hydrogen) atoms. The Hall–Kier alpha value is -1.81. The van der Waals surface area contributed by atoms with E-state index < -0.39 is 5.97 Å². The number of alkyl halides is 1. The van der Waals surface area contributed by atoms with Crippen LogP contribution in [0.4, 0.5) is 5.69 Å². The maximum atomic E-state index is 11.8. The molecule has 0 unspecified atom stereocenters. The van der Waals surface area contributed by atoms with Crippen LogP contribution < -0.4 is 4.90 Å². The SMILES string of the molecule is C=C1Cc2ccc(C(=O)OC)cc2N1C(=O)CCl. The van der Waals surface area contributed by atoms with Crippen molar-refractivity contribution in [3.05, 3.63) is 41.6 Å². The predicted molar refractivity (Wildman–Crippen MR) is 68.8 cm³/mol. The van der Waals surface area contributed by atoms with Gasteiger partial charge in [0.15, 0.2) is 0 Å². The van der Waals surface area contributed by atoms with Crippen LogP contribution >= 0.6 is 11.6 Å². The number of ether oxygens (including phenoxy) is 1. The topological polar surface area (TPSA) is 46.6 Å². The molecule has 4 nitrogen and oxygen atoms in total. The average Bonchev–Trinajstić information content (AvgIpc) is 2.71. The van der Waals surface area contributed by atoms with Gasteiger partial charge in [0.05, 0.1) is 18.4 Å². The average molecular weight is 266 g/mol. The number of anilines is 1.